The van der Waals surface area contributed by atoms with Crippen LogP contribution in [0.1, 0.15) is 11.1 Å². The number of carbonyl (C=O) groups excluding carboxylic acids is 1. The van der Waals surface area contributed by atoms with E-state index in [1.54, 1.807) is 57.4 Å². The topological polar surface area (TPSA) is 66.5 Å². The molecule has 2 rings (SSSR count). The van der Waals surface area contributed by atoms with Gasteiger partial charge in [0, 0.05) is 24.7 Å². The Bertz CT molecular complexity index is 845. The molecular weight excluding hydrogens is 344 g/mol. The van der Waals surface area contributed by atoms with Gasteiger partial charge in [-0.15, -0.1) is 0 Å². The number of nitrogens with one attached hydrogen (secondary N) is 1. The number of hydrogen-bond acceptors (Lipinski definition) is 4. The number of aryl methyl sites for hydroxylation is 2. The van der Waals surface area contributed by atoms with E-state index in [0.717, 1.165) is 22.2 Å². The average Bonchev–Trinajstić information content (AvgIpc) is 2.51. The molecule has 0 spiro atoms. The van der Waals surface area contributed by atoms with Gasteiger partial charge in [-0.1, -0.05) is 12.1 Å². The van der Waals surface area contributed by atoms with Crippen molar-refractivity contribution in [1.29, 1.82) is 0 Å². The largest absolute Gasteiger partial charge is 0.339 e. The standard InChI is InChI=1S/C17H20N2O3S2/c1-12-5-6-13(2)16(11-12)24(21,22)18-14-7-9-15(10-8-14)23-17(20)19(3)4/h5-11,18H,1-4H3. The quantitative estimate of drug-likeness (QED) is 0.836. The fraction of sp³-hybridized carbons (Fsp3) is 0.235. The molecule has 0 atom stereocenters. The van der Waals surface area contributed by atoms with E-state index in [0.29, 0.717) is 11.3 Å². The van der Waals surface area contributed by atoms with Crippen LogP contribution in [-0.2, 0) is 10.0 Å². The van der Waals surface area contributed by atoms with Crippen LogP contribution in [0.3, 0.4) is 0 Å². The highest BCUT2D eigenvalue weighted by atomic mass is 32.2. The van der Waals surface area contributed by atoms with Crippen LogP contribution in [0.15, 0.2) is 52.3 Å². The molecule has 2 aromatic carbocycles. The first-order chi connectivity index (χ1) is 11.2. The Morgan fingerprint density at radius 1 is 1.04 bits per heavy atom. The average molecular weight is 364 g/mol. The van der Waals surface area contributed by atoms with E-state index in [1.807, 2.05) is 13.0 Å². The lowest BCUT2D eigenvalue weighted by molar-refractivity contribution is 0.241. The minimum Gasteiger partial charge on any atom is -0.339 e. The first-order valence-corrected chi connectivity index (χ1v) is 9.58. The molecule has 0 heterocycles. The van der Waals surface area contributed by atoms with E-state index in [-0.39, 0.29) is 10.1 Å². The van der Waals surface area contributed by atoms with Crippen molar-refractivity contribution in [2.45, 2.75) is 23.6 Å². The Balaban J connectivity index is 2.18. The zero-order valence-electron chi connectivity index (χ0n) is 14.0. The third-order valence-electron chi connectivity index (χ3n) is 3.31. The van der Waals surface area contributed by atoms with Crippen molar-refractivity contribution in [3.05, 3.63) is 53.6 Å². The summed E-state index contributed by atoms with van der Waals surface area (Å²) in [7, 11) is -0.283. The molecule has 0 saturated heterocycles. The summed E-state index contributed by atoms with van der Waals surface area (Å²) in [6.07, 6.45) is 0. The first-order valence-electron chi connectivity index (χ1n) is 7.28. The summed E-state index contributed by atoms with van der Waals surface area (Å²) in [5, 5.41) is -0.0845. The summed E-state index contributed by atoms with van der Waals surface area (Å²) in [6.45, 7) is 3.62. The molecule has 0 aliphatic heterocycles. The molecule has 7 heteroatoms. The van der Waals surface area contributed by atoms with E-state index < -0.39 is 10.0 Å². The van der Waals surface area contributed by atoms with Crippen LogP contribution < -0.4 is 4.72 Å². The SMILES string of the molecule is Cc1ccc(C)c(S(=O)(=O)Nc2ccc(SC(=O)N(C)C)cc2)c1. The van der Waals surface area contributed by atoms with Crippen LogP contribution in [0.5, 0.6) is 0 Å². The highest BCUT2D eigenvalue weighted by Gasteiger charge is 2.17. The van der Waals surface area contributed by atoms with Crippen molar-refractivity contribution in [1.82, 2.24) is 4.90 Å². The summed E-state index contributed by atoms with van der Waals surface area (Å²) in [4.78, 5) is 14.2. The summed E-state index contributed by atoms with van der Waals surface area (Å²) in [5.74, 6) is 0. The van der Waals surface area contributed by atoms with E-state index in [1.165, 1.54) is 4.90 Å². The number of nitrogens with zero attached hydrogens (tertiary/aromatic N) is 1. The fourth-order valence-electron chi connectivity index (χ4n) is 1.99. The first kappa shape index (κ1) is 18.4. The number of rotatable bonds is 4. The number of sulfonamides is 1. The summed E-state index contributed by atoms with van der Waals surface area (Å²) in [5.41, 5.74) is 2.03. The molecule has 0 aromatic heterocycles. The molecule has 0 aliphatic carbocycles. The zero-order valence-corrected chi connectivity index (χ0v) is 15.7. The lowest BCUT2D eigenvalue weighted by atomic mass is 10.2. The number of benzene rings is 2. The Kier molecular flexibility index (Phi) is 5.56. The minimum absolute atomic E-state index is 0.0845. The van der Waals surface area contributed by atoms with Gasteiger partial charge in [0.25, 0.3) is 15.3 Å². The van der Waals surface area contributed by atoms with Crippen LogP contribution in [0, 0.1) is 13.8 Å². The van der Waals surface area contributed by atoms with Crippen LogP contribution >= 0.6 is 11.8 Å². The highest BCUT2D eigenvalue weighted by Crippen LogP contribution is 2.25. The molecule has 2 aromatic rings. The van der Waals surface area contributed by atoms with Gasteiger partial charge in [-0.25, -0.2) is 8.42 Å². The van der Waals surface area contributed by atoms with Crippen molar-refractivity contribution in [3.63, 3.8) is 0 Å². The van der Waals surface area contributed by atoms with Gasteiger partial charge in [-0.2, -0.15) is 0 Å². The lowest BCUT2D eigenvalue weighted by Gasteiger charge is -2.12. The number of hydrogen-bond donors (Lipinski definition) is 1. The van der Waals surface area contributed by atoms with Crippen LogP contribution in [-0.4, -0.2) is 32.7 Å². The van der Waals surface area contributed by atoms with Crippen molar-refractivity contribution in [3.8, 4) is 0 Å². The second kappa shape index (κ2) is 7.27. The molecule has 0 fully saturated rings. The molecule has 0 radical (unpaired) electrons. The predicted octanol–water partition coefficient (Wildman–Crippen LogP) is 3.88. The van der Waals surface area contributed by atoms with Gasteiger partial charge in [0.2, 0.25) is 0 Å². The number of thioether (sulfide) groups is 1. The maximum Gasteiger partial charge on any atom is 0.285 e. The predicted molar refractivity (Wildman–Crippen MR) is 98.1 cm³/mol. The number of carbonyl (C=O) groups is 1. The van der Waals surface area contributed by atoms with E-state index in [4.69, 9.17) is 0 Å². The van der Waals surface area contributed by atoms with Gasteiger partial charge in [0.1, 0.15) is 0 Å². The van der Waals surface area contributed by atoms with Gasteiger partial charge < -0.3 is 4.90 Å². The lowest BCUT2D eigenvalue weighted by Crippen LogP contribution is -2.16. The maximum absolute atomic E-state index is 12.5. The molecule has 1 N–H and O–H groups in total. The summed E-state index contributed by atoms with van der Waals surface area (Å²) >= 11 is 1.09. The summed E-state index contributed by atoms with van der Waals surface area (Å²) < 4.78 is 27.7. The van der Waals surface area contributed by atoms with Gasteiger partial charge >= 0.3 is 0 Å². The number of amides is 1. The van der Waals surface area contributed by atoms with Gasteiger partial charge in [-0.3, -0.25) is 9.52 Å². The van der Waals surface area contributed by atoms with Gasteiger partial charge in [0.15, 0.2) is 0 Å². The molecule has 1 amide bonds. The fourth-order valence-corrected chi connectivity index (χ4v) is 4.04. The van der Waals surface area contributed by atoms with Crippen molar-refractivity contribution in [2.24, 2.45) is 0 Å². The minimum atomic E-state index is -3.65. The van der Waals surface area contributed by atoms with Crippen molar-refractivity contribution in [2.75, 3.05) is 18.8 Å². The third-order valence-corrected chi connectivity index (χ3v) is 5.88. The number of anilines is 1. The summed E-state index contributed by atoms with van der Waals surface area (Å²) in [6, 6.07) is 12.0. The monoisotopic (exact) mass is 364 g/mol. The Morgan fingerprint density at radius 3 is 2.25 bits per heavy atom. The van der Waals surface area contributed by atoms with Crippen LogP contribution in [0.4, 0.5) is 10.5 Å². The molecule has 0 aliphatic rings. The molecule has 0 bridgehead atoms. The third kappa shape index (κ3) is 4.52. The van der Waals surface area contributed by atoms with Crippen LogP contribution in [0.25, 0.3) is 0 Å². The zero-order chi connectivity index (χ0) is 17.9. The Labute approximate surface area is 147 Å². The maximum atomic E-state index is 12.5. The van der Waals surface area contributed by atoms with Gasteiger partial charge in [-0.05, 0) is 67.1 Å². The molecule has 24 heavy (non-hydrogen) atoms. The smallest absolute Gasteiger partial charge is 0.285 e. The van der Waals surface area contributed by atoms with Crippen molar-refractivity contribution < 1.29 is 13.2 Å². The normalized spacial score (nSPS) is 11.2. The second-order valence-electron chi connectivity index (χ2n) is 5.66. The van der Waals surface area contributed by atoms with E-state index in [9.17, 15) is 13.2 Å². The van der Waals surface area contributed by atoms with E-state index in [2.05, 4.69) is 4.72 Å². The Morgan fingerprint density at radius 2 is 1.67 bits per heavy atom. The molecular formula is C17H20N2O3S2. The Hall–Kier alpha value is -1.99. The van der Waals surface area contributed by atoms with Crippen molar-refractivity contribution >= 4 is 32.7 Å². The molecule has 0 unspecified atom stereocenters. The van der Waals surface area contributed by atoms with Crippen LogP contribution in [0.2, 0.25) is 0 Å². The highest BCUT2D eigenvalue weighted by molar-refractivity contribution is 8.13. The molecule has 5 nitrogen and oxygen atoms in total. The van der Waals surface area contributed by atoms with Gasteiger partial charge in [0.05, 0.1) is 4.90 Å². The van der Waals surface area contributed by atoms with E-state index >= 15 is 0 Å². The second-order valence-corrected chi connectivity index (χ2v) is 8.34. The molecule has 128 valence electrons. The molecule has 0 saturated carbocycles.